The predicted molar refractivity (Wildman–Crippen MR) is 92.9 cm³/mol. The molecule has 1 aromatic heterocycles. The van der Waals surface area contributed by atoms with Crippen molar-refractivity contribution in [1.29, 1.82) is 0 Å². The molecule has 126 valence electrons. The number of hydrogen-bond donors (Lipinski definition) is 1. The van der Waals surface area contributed by atoms with E-state index in [4.69, 9.17) is 0 Å². The zero-order valence-corrected chi connectivity index (χ0v) is 15.1. The molecular weight excluding hydrogens is 310 g/mol. The Balaban J connectivity index is 1.92. The van der Waals surface area contributed by atoms with Crippen molar-refractivity contribution >= 4 is 23.6 Å². The highest BCUT2D eigenvalue weighted by atomic mass is 32.2. The molecule has 2 amide bonds. The fourth-order valence-corrected chi connectivity index (χ4v) is 3.55. The van der Waals surface area contributed by atoms with Crippen LogP contribution in [0.4, 0.5) is 0 Å². The monoisotopic (exact) mass is 335 g/mol. The number of aromatic nitrogens is 1. The summed E-state index contributed by atoms with van der Waals surface area (Å²) < 4.78 is 0. The molecule has 0 bridgehead atoms. The van der Waals surface area contributed by atoms with Crippen LogP contribution in [0.25, 0.3) is 0 Å². The van der Waals surface area contributed by atoms with Gasteiger partial charge in [-0.1, -0.05) is 26.8 Å². The van der Waals surface area contributed by atoms with Gasteiger partial charge < -0.3 is 10.2 Å². The minimum absolute atomic E-state index is 0.0552. The van der Waals surface area contributed by atoms with E-state index < -0.39 is 0 Å². The van der Waals surface area contributed by atoms with Gasteiger partial charge in [-0.05, 0) is 24.0 Å². The molecule has 0 aliphatic carbocycles. The third kappa shape index (κ3) is 5.23. The van der Waals surface area contributed by atoms with Crippen LogP contribution in [0.3, 0.4) is 0 Å². The molecular formula is C17H25N3O2S. The highest BCUT2D eigenvalue weighted by Crippen LogP contribution is 2.26. The molecule has 1 saturated heterocycles. The highest BCUT2D eigenvalue weighted by Gasteiger charge is 2.35. The maximum absolute atomic E-state index is 12.4. The molecule has 1 aromatic rings. The Labute approximate surface area is 142 Å². The van der Waals surface area contributed by atoms with E-state index in [2.05, 4.69) is 10.3 Å². The largest absolute Gasteiger partial charge is 0.350 e. The van der Waals surface area contributed by atoms with Crippen molar-refractivity contribution in [2.45, 2.75) is 46.7 Å². The van der Waals surface area contributed by atoms with E-state index in [0.717, 1.165) is 11.3 Å². The molecule has 0 radical (unpaired) electrons. The zero-order valence-electron chi connectivity index (χ0n) is 14.3. The third-order valence-corrected chi connectivity index (χ3v) is 4.64. The molecule has 0 saturated carbocycles. The fourth-order valence-electron chi connectivity index (χ4n) is 2.37. The first kappa shape index (κ1) is 17.8. The number of amides is 2. The lowest BCUT2D eigenvalue weighted by atomic mass is 9.91. The number of carbonyl (C=O) groups excluding carboxylic acids is 2. The van der Waals surface area contributed by atoms with Crippen LogP contribution in [0.5, 0.6) is 0 Å². The number of carbonyl (C=O) groups is 2. The second kappa shape index (κ2) is 7.34. The summed E-state index contributed by atoms with van der Waals surface area (Å²) in [4.78, 5) is 30.8. The number of thioether (sulfide) groups is 1. The van der Waals surface area contributed by atoms with Gasteiger partial charge in [-0.15, -0.1) is 11.8 Å². The van der Waals surface area contributed by atoms with Crippen molar-refractivity contribution in [2.24, 2.45) is 5.41 Å². The molecule has 1 N–H and O–H groups in total. The molecule has 2 rings (SSSR count). The molecule has 1 atom stereocenters. The SMILES string of the molecule is Cc1ccc(CNC(=O)[C@@H]2CSCN2C(=O)CC(C)(C)C)cn1. The second-order valence-electron chi connectivity index (χ2n) is 7.14. The minimum Gasteiger partial charge on any atom is -0.350 e. The Morgan fingerprint density at radius 1 is 1.39 bits per heavy atom. The molecule has 0 aromatic carbocycles. The van der Waals surface area contributed by atoms with Crippen molar-refractivity contribution in [3.63, 3.8) is 0 Å². The standard InChI is InChI=1S/C17H25N3O2S/c1-12-5-6-13(8-18-12)9-19-16(22)14-10-23-11-20(14)15(21)7-17(2,3)4/h5-6,8,14H,7,9-11H2,1-4H3,(H,19,22)/t14-/m0/s1. The average Bonchev–Trinajstić information content (AvgIpc) is 2.94. The van der Waals surface area contributed by atoms with E-state index >= 15 is 0 Å². The van der Waals surface area contributed by atoms with Crippen molar-refractivity contribution in [3.05, 3.63) is 29.6 Å². The summed E-state index contributed by atoms with van der Waals surface area (Å²) in [6.07, 6.45) is 2.22. The van der Waals surface area contributed by atoms with Crippen molar-refractivity contribution in [3.8, 4) is 0 Å². The van der Waals surface area contributed by atoms with Crippen LogP contribution < -0.4 is 5.32 Å². The van der Waals surface area contributed by atoms with E-state index in [-0.39, 0.29) is 23.3 Å². The van der Waals surface area contributed by atoms with Gasteiger partial charge in [0.2, 0.25) is 11.8 Å². The highest BCUT2D eigenvalue weighted by molar-refractivity contribution is 7.99. The van der Waals surface area contributed by atoms with Crippen molar-refractivity contribution in [2.75, 3.05) is 11.6 Å². The summed E-state index contributed by atoms with van der Waals surface area (Å²) >= 11 is 1.63. The second-order valence-corrected chi connectivity index (χ2v) is 8.14. The molecule has 0 spiro atoms. The van der Waals surface area contributed by atoms with E-state index in [1.807, 2.05) is 39.8 Å². The van der Waals surface area contributed by atoms with Crippen LogP contribution in [-0.2, 0) is 16.1 Å². The van der Waals surface area contributed by atoms with Crippen LogP contribution in [0.1, 0.15) is 38.4 Å². The van der Waals surface area contributed by atoms with Crippen LogP contribution in [0.15, 0.2) is 18.3 Å². The van der Waals surface area contributed by atoms with Crippen LogP contribution >= 0.6 is 11.8 Å². The summed E-state index contributed by atoms with van der Waals surface area (Å²) in [5.74, 6) is 1.23. The smallest absolute Gasteiger partial charge is 0.243 e. The lowest BCUT2D eigenvalue weighted by Crippen LogP contribution is -2.47. The molecule has 5 nitrogen and oxygen atoms in total. The quantitative estimate of drug-likeness (QED) is 0.917. The fraction of sp³-hybridized carbons (Fsp3) is 0.588. The Bertz CT molecular complexity index is 566. The van der Waals surface area contributed by atoms with Crippen molar-refractivity contribution < 1.29 is 9.59 Å². The summed E-state index contributed by atoms with van der Waals surface area (Å²) in [7, 11) is 0. The maximum Gasteiger partial charge on any atom is 0.243 e. The number of aryl methyl sites for hydroxylation is 1. The van der Waals surface area contributed by atoms with Gasteiger partial charge in [0.15, 0.2) is 0 Å². The lowest BCUT2D eigenvalue weighted by Gasteiger charge is -2.26. The number of rotatable bonds is 4. The Hall–Kier alpha value is -1.56. The summed E-state index contributed by atoms with van der Waals surface area (Å²) in [6, 6.07) is 3.51. The number of pyridine rings is 1. The summed E-state index contributed by atoms with van der Waals surface area (Å²) in [5.41, 5.74) is 1.84. The molecule has 2 heterocycles. The van der Waals surface area contributed by atoms with E-state index in [0.29, 0.717) is 24.6 Å². The van der Waals surface area contributed by atoms with Crippen LogP contribution in [-0.4, -0.2) is 39.4 Å². The van der Waals surface area contributed by atoms with Gasteiger partial charge in [0.25, 0.3) is 0 Å². The van der Waals surface area contributed by atoms with Gasteiger partial charge in [-0.3, -0.25) is 14.6 Å². The van der Waals surface area contributed by atoms with Gasteiger partial charge in [0.05, 0.1) is 5.88 Å². The van der Waals surface area contributed by atoms with E-state index in [9.17, 15) is 9.59 Å². The zero-order chi connectivity index (χ0) is 17.0. The van der Waals surface area contributed by atoms with Gasteiger partial charge in [0.1, 0.15) is 6.04 Å². The van der Waals surface area contributed by atoms with Crippen LogP contribution in [0, 0.1) is 12.3 Å². The Morgan fingerprint density at radius 2 is 2.13 bits per heavy atom. The first-order valence-electron chi connectivity index (χ1n) is 7.83. The Morgan fingerprint density at radius 3 is 2.74 bits per heavy atom. The molecule has 23 heavy (non-hydrogen) atoms. The van der Waals surface area contributed by atoms with Gasteiger partial charge in [0, 0.05) is 30.6 Å². The molecule has 6 heteroatoms. The summed E-state index contributed by atoms with van der Waals surface area (Å²) in [5, 5.41) is 2.92. The average molecular weight is 335 g/mol. The number of nitrogens with zero attached hydrogens (tertiary/aromatic N) is 2. The third-order valence-electron chi connectivity index (χ3n) is 3.63. The minimum atomic E-state index is -0.367. The first-order chi connectivity index (χ1) is 10.8. The van der Waals surface area contributed by atoms with Gasteiger partial charge in [-0.2, -0.15) is 0 Å². The van der Waals surface area contributed by atoms with E-state index in [1.54, 1.807) is 22.9 Å². The lowest BCUT2D eigenvalue weighted by molar-refractivity contribution is -0.139. The topological polar surface area (TPSA) is 62.3 Å². The van der Waals surface area contributed by atoms with E-state index in [1.165, 1.54) is 0 Å². The van der Waals surface area contributed by atoms with Crippen LogP contribution in [0.2, 0.25) is 0 Å². The molecule has 1 aliphatic heterocycles. The first-order valence-corrected chi connectivity index (χ1v) is 8.98. The normalized spacial score (nSPS) is 18.1. The number of nitrogens with one attached hydrogen (secondary N) is 1. The maximum atomic E-state index is 12.4. The molecule has 1 aliphatic rings. The van der Waals surface area contributed by atoms with Crippen molar-refractivity contribution in [1.82, 2.24) is 15.2 Å². The predicted octanol–water partition coefficient (Wildman–Crippen LogP) is 2.34. The molecule has 0 unspecified atom stereocenters. The molecule has 1 fully saturated rings. The van der Waals surface area contributed by atoms with Gasteiger partial charge in [-0.25, -0.2) is 0 Å². The van der Waals surface area contributed by atoms with Gasteiger partial charge >= 0.3 is 0 Å². The Kier molecular flexibility index (Phi) is 5.68. The summed E-state index contributed by atoms with van der Waals surface area (Å²) in [6.45, 7) is 8.47. The number of hydrogen-bond acceptors (Lipinski definition) is 4.